The Morgan fingerprint density at radius 2 is 1.95 bits per heavy atom. The van der Waals surface area contributed by atoms with Crippen LogP contribution in [0.15, 0.2) is 24.3 Å². The van der Waals surface area contributed by atoms with E-state index in [9.17, 15) is 13.2 Å². The number of benzene rings is 1. The Morgan fingerprint density at radius 3 is 2.60 bits per heavy atom. The molecule has 0 bridgehead atoms. The Labute approximate surface area is 119 Å². The minimum atomic E-state index is -3.46. The van der Waals surface area contributed by atoms with Crippen LogP contribution in [-0.4, -0.2) is 41.6 Å². The fraction of sp³-hybridized carbons (Fsp3) is 0.462. The smallest absolute Gasteiger partial charge is 0.338 e. The lowest BCUT2D eigenvalue weighted by Crippen LogP contribution is -2.28. The van der Waals surface area contributed by atoms with Crippen LogP contribution in [0.3, 0.4) is 0 Å². The van der Waals surface area contributed by atoms with E-state index in [-0.39, 0.29) is 11.3 Å². The number of methoxy groups -OCH3 is 1. The van der Waals surface area contributed by atoms with E-state index in [2.05, 4.69) is 14.8 Å². The predicted molar refractivity (Wildman–Crippen MR) is 77.0 cm³/mol. The minimum Gasteiger partial charge on any atom is -0.465 e. The second-order valence-corrected chi connectivity index (χ2v) is 6.07. The molecule has 0 aromatic heterocycles. The highest BCUT2D eigenvalue weighted by molar-refractivity contribution is 7.88. The van der Waals surface area contributed by atoms with Gasteiger partial charge in [0, 0.05) is 6.54 Å². The summed E-state index contributed by atoms with van der Waals surface area (Å²) >= 11 is 0. The van der Waals surface area contributed by atoms with Crippen LogP contribution in [0.4, 0.5) is 0 Å². The first kappa shape index (κ1) is 16.6. The maximum absolute atomic E-state index is 11.9. The van der Waals surface area contributed by atoms with Gasteiger partial charge < -0.3 is 10.1 Å². The van der Waals surface area contributed by atoms with Gasteiger partial charge in [-0.3, -0.25) is 0 Å². The first-order valence-electron chi connectivity index (χ1n) is 6.28. The minimum absolute atomic E-state index is 0.238. The van der Waals surface area contributed by atoms with Crippen LogP contribution in [0, 0.1) is 0 Å². The zero-order valence-electron chi connectivity index (χ0n) is 11.7. The Hall–Kier alpha value is -1.44. The third-order valence-corrected chi connectivity index (χ3v) is 4.03. The molecule has 0 aliphatic carbocycles. The molecule has 0 atom stereocenters. The summed E-state index contributed by atoms with van der Waals surface area (Å²) in [7, 11) is -0.391. The van der Waals surface area contributed by atoms with Crippen molar-refractivity contribution in [3.63, 3.8) is 0 Å². The summed E-state index contributed by atoms with van der Waals surface area (Å²) in [6.45, 7) is 1.10. The van der Waals surface area contributed by atoms with Crippen molar-refractivity contribution in [3.05, 3.63) is 35.4 Å². The highest BCUT2D eigenvalue weighted by Gasteiger charge is 2.17. The average molecular weight is 300 g/mol. The average Bonchev–Trinajstić information content (AvgIpc) is 2.43. The van der Waals surface area contributed by atoms with Gasteiger partial charge in [-0.05, 0) is 31.6 Å². The summed E-state index contributed by atoms with van der Waals surface area (Å²) < 4.78 is 31.0. The quantitative estimate of drug-likeness (QED) is 0.539. The van der Waals surface area contributed by atoms with Crippen LogP contribution in [0.1, 0.15) is 22.3 Å². The summed E-state index contributed by atoms with van der Waals surface area (Å²) in [6, 6.07) is 6.53. The standard InChI is InChI=1S/C13H20N2O4S/c1-14-8-5-9-15-20(17,18)10-11-6-3-4-7-12(11)13(16)19-2/h3-4,6-7,14-15H,5,8-10H2,1-2H3. The van der Waals surface area contributed by atoms with Crippen LogP contribution < -0.4 is 10.0 Å². The molecule has 0 spiro atoms. The highest BCUT2D eigenvalue weighted by Crippen LogP contribution is 2.13. The van der Waals surface area contributed by atoms with Gasteiger partial charge in [-0.2, -0.15) is 0 Å². The molecule has 1 aromatic carbocycles. The molecule has 2 N–H and O–H groups in total. The summed E-state index contributed by atoms with van der Waals surface area (Å²) in [5.74, 6) is -0.774. The number of esters is 1. The first-order chi connectivity index (χ1) is 9.50. The number of rotatable bonds is 8. The number of ether oxygens (including phenoxy) is 1. The van der Waals surface area contributed by atoms with Crippen molar-refractivity contribution in [2.75, 3.05) is 27.2 Å². The van der Waals surface area contributed by atoms with E-state index in [0.29, 0.717) is 18.5 Å². The molecule has 112 valence electrons. The van der Waals surface area contributed by atoms with Gasteiger partial charge in [-0.15, -0.1) is 0 Å². The summed E-state index contributed by atoms with van der Waals surface area (Å²) in [5, 5.41) is 2.94. The molecule has 0 heterocycles. The normalized spacial score (nSPS) is 11.3. The molecular weight excluding hydrogens is 280 g/mol. The molecule has 1 aromatic rings. The van der Waals surface area contributed by atoms with Gasteiger partial charge in [-0.25, -0.2) is 17.9 Å². The SMILES string of the molecule is CNCCCNS(=O)(=O)Cc1ccccc1C(=O)OC. The van der Waals surface area contributed by atoms with Crippen LogP contribution in [-0.2, 0) is 20.5 Å². The van der Waals surface area contributed by atoms with Crippen molar-refractivity contribution < 1.29 is 17.9 Å². The molecule has 0 radical (unpaired) electrons. The number of carbonyl (C=O) groups excluding carboxylic acids is 1. The summed E-state index contributed by atoms with van der Waals surface area (Å²) in [4.78, 5) is 11.6. The lowest BCUT2D eigenvalue weighted by atomic mass is 10.1. The monoisotopic (exact) mass is 300 g/mol. The van der Waals surface area contributed by atoms with Gasteiger partial charge in [0.25, 0.3) is 0 Å². The molecule has 0 aliphatic rings. The number of hydrogen-bond acceptors (Lipinski definition) is 5. The Kier molecular flexibility index (Phi) is 6.63. The molecule has 6 nitrogen and oxygen atoms in total. The molecular formula is C13H20N2O4S. The van der Waals surface area contributed by atoms with E-state index in [1.165, 1.54) is 7.11 Å². The van der Waals surface area contributed by atoms with Gasteiger partial charge in [0.15, 0.2) is 0 Å². The van der Waals surface area contributed by atoms with Crippen LogP contribution in [0.25, 0.3) is 0 Å². The van der Waals surface area contributed by atoms with E-state index < -0.39 is 16.0 Å². The van der Waals surface area contributed by atoms with Gasteiger partial charge in [0.2, 0.25) is 10.0 Å². The first-order valence-corrected chi connectivity index (χ1v) is 7.93. The van der Waals surface area contributed by atoms with Crippen LogP contribution in [0.5, 0.6) is 0 Å². The summed E-state index contributed by atoms with van der Waals surface area (Å²) in [6.07, 6.45) is 0.703. The van der Waals surface area contributed by atoms with Crippen molar-refractivity contribution in [2.24, 2.45) is 0 Å². The van der Waals surface area contributed by atoms with E-state index >= 15 is 0 Å². The van der Waals surface area contributed by atoms with Gasteiger partial charge >= 0.3 is 5.97 Å². The van der Waals surface area contributed by atoms with Gasteiger partial charge in [-0.1, -0.05) is 18.2 Å². The van der Waals surface area contributed by atoms with E-state index in [1.54, 1.807) is 31.3 Å². The lowest BCUT2D eigenvalue weighted by molar-refractivity contribution is 0.0600. The van der Waals surface area contributed by atoms with Crippen molar-refractivity contribution in [2.45, 2.75) is 12.2 Å². The zero-order chi connectivity index (χ0) is 15.0. The molecule has 1 rings (SSSR count). The number of sulfonamides is 1. The Bertz CT molecular complexity index is 543. The molecule has 0 unspecified atom stereocenters. The molecule has 20 heavy (non-hydrogen) atoms. The summed E-state index contributed by atoms with van der Waals surface area (Å²) in [5.41, 5.74) is 0.705. The maximum Gasteiger partial charge on any atom is 0.338 e. The number of carbonyl (C=O) groups is 1. The van der Waals surface area contributed by atoms with Gasteiger partial charge in [0.05, 0.1) is 18.4 Å². The topological polar surface area (TPSA) is 84.5 Å². The molecule has 0 aliphatic heterocycles. The maximum atomic E-state index is 11.9. The van der Waals surface area contributed by atoms with Crippen molar-refractivity contribution in [1.82, 2.24) is 10.0 Å². The molecule has 7 heteroatoms. The van der Waals surface area contributed by atoms with Crippen LogP contribution in [0.2, 0.25) is 0 Å². The molecule has 0 saturated heterocycles. The third-order valence-electron chi connectivity index (χ3n) is 2.69. The fourth-order valence-electron chi connectivity index (χ4n) is 1.70. The fourth-order valence-corrected chi connectivity index (χ4v) is 2.92. The van der Waals surface area contributed by atoms with Gasteiger partial charge in [0.1, 0.15) is 0 Å². The highest BCUT2D eigenvalue weighted by atomic mass is 32.2. The third kappa shape index (κ3) is 5.28. The van der Waals surface area contributed by atoms with E-state index in [1.807, 2.05) is 0 Å². The van der Waals surface area contributed by atoms with Crippen molar-refractivity contribution in [3.8, 4) is 0 Å². The number of nitrogens with one attached hydrogen (secondary N) is 2. The van der Waals surface area contributed by atoms with Crippen molar-refractivity contribution >= 4 is 16.0 Å². The molecule has 0 amide bonds. The second kappa shape index (κ2) is 7.98. The Balaban J connectivity index is 2.74. The second-order valence-electron chi connectivity index (χ2n) is 4.26. The van der Waals surface area contributed by atoms with Crippen LogP contribution >= 0.6 is 0 Å². The lowest BCUT2D eigenvalue weighted by Gasteiger charge is -2.09. The zero-order valence-corrected chi connectivity index (χ0v) is 12.5. The van der Waals surface area contributed by atoms with Crippen molar-refractivity contribution in [1.29, 1.82) is 0 Å². The number of hydrogen-bond donors (Lipinski definition) is 2. The molecule has 0 fully saturated rings. The largest absolute Gasteiger partial charge is 0.465 e. The van der Waals surface area contributed by atoms with E-state index in [4.69, 9.17) is 0 Å². The Morgan fingerprint density at radius 1 is 1.25 bits per heavy atom. The molecule has 0 saturated carbocycles. The van der Waals surface area contributed by atoms with E-state index in [0.717, 1.165) is 6.54 Å². The predicted octanol–water partition coefficient (Wildman–Crippen LogP) is 0.502.